The Morgan fingerprint density at radius 2 is 1.77 bits per heavy atom. The van der Waals surface area contributed by atoms with E-state index in [1.165, 1.54) is 23.0 Å². The zero-order valence-corrected chi connectivity index (χ0v) is 20.9. The fourth-order valence-corrected chi connectivity index (χ4v) is 5.60. The number of aromatic nitrogens is 2. The second kappa shape index (κ2) is 10.5. The highest BCUT2D eigenvalue weighted by atomic mass is 32.2. The van der Waals surface area contributed by atoms with E-state index in [9.17, 15) is 4.79 Å². The molecule has 0 bridgehead atoms. The molecule has 0 saturated carbocycles. The molecule has 1 unspecified atom stereocenters. The van der Waals surface area contributed by atoms with Crippen LogP contribution in [0.3, 0.4) is 0 Å². The maximum atomic E-state index is 11.3. The number of aldehydes is 1. The summed E-state index contributed by atoms with van der Waals surface area (Å²) in [4.78, 5) is 28.4. The van der Waals surface area contributed by atoms with Crippen LogP contribution in [0.25, 0.3) is 4.91 Å². The summed E-state index contributed by atoms with van der Waals surface area (Å²) in [7, 11) is 1.93. The van der Waals surface area contributed by atoms with Gasteiger partial charge in [-0.3, -0.25) is 4.90 Å². The summed E-state index contributed by atoms with van der Waals surface area (Å²) < 4.78 is 0. The third kappa shape index (κ3) is 5.33. The van der Waals surface area contributed by atoms with Crippen molar-refractivity contribution in [2.24, 2.45) is 0 Å². The van der Waals surface area contributed by atoms with Crippen molar-refractivity contribution in [1.82, 2.24) is 19.8 Å². The Morgan fingerprint density at radius 3 is 2.46 bits per heavy atom. The summed E-state index contributed by atoms with van der Waals surface area (Å²) in [6.07, 6.45) is 2.72. The number of carbonyl (C=O) groups excluding carboxylic acids is 1. The zero-order valence-electron chi connectivity index (χ0n) is 20.1. The van der Waals surface area contributed by atoms with Crippen LogP contribution in [0.5, 0.6) is 0 Å². The lowest BCUT2D eigenvalue weighted by molar-refractivity contribution is -0.109. The van der Waals surface area contributed by atoms with E-state index in [2.05, 4.69) is 74.7 Å². The van der Waals surface area contributed by atoms with Gasteiger partial charge < -0.3 is 19.9 Å². The van der Waals surface area contributed by atoms with Gasteiger partial charge in [0.05, 0.1) is 10.6 Å². The summed E-state index contributed by atoms with van der Waals surface area (Å²) in [5.74, 6) is 0.544. The number of hydrogen-bond donors (Lipinski definition) is 1. The Labute approximate surface area is 210 Å². The topological polar surface area (TPSA) is 64.6 Å². The van der Waals surface area contributed by atoms with E-state index < -0.39 is 0 Å². The van der Waals surface area contributed by atoms with Crippen molar-refractivity contribution < 1.29 is 4.79 Å². The number of thioether (sulfide) groups is 1. The van der Waals surface area contributed by atoms with Gasteiger partial charge in [0.2, 0.25) is 5.95 Å². The van der Waals surface area contributed by atoms with E-state index >= 15 is 0 Å². The molecule has 1 atom stereocenters. The van der Waals surface area contributed by atoms with Crippen molar-refractivity contribution in [2.75, 3.05) is 43.4 Å². The van der Waals surface area contributed by atoms with Crippen LogP contribution in [-0.4, -0.2) is 64.7 Å². The molecule has 1 saturated heterocycles. The third-order valence-corrected chi connectivity index (χ3v) is 8.00. The molecule has 0 amide bonds. The fraction of sp³-hybridized carbons (Fsp3) is 0.296. The van der Waals surface area contributed by atoms with Crippen molar-refractivity contribution in [3.05, 3.63) is 83.8 Å². The van der Waals surface area contributed by atoms with E-state index in [1.54, 1.807) is 6.20 Å². The first kappa shape index (κ1) is 23.4. The van der Waals surface area contributed by atoms with Crippen LogP contribution < -0.4 is 10.2 Å². The average Bonchev–Trinajstić information content (AvgIpc) is 3.19. The molecule has 1 N–H and O–H groups in total. The molecule has 0 radical (unpaired) electrons. The predicted octanol–water partition coefficient (Wildman–Crippen LogP) is 4.43. The Kier molecular flexibility index (Phi) is 7.01. The van der Waals surface area contributed by atoms with Crippen LogP contribution in [0.1, 0.15) is 18.2 Å². The molecule has 1 aromatic heterocycles. The fourth-order valence-electron chi connectivity index (χ4n) is 4.44. The molecular formula is C27H30N6OS. The van der Waals surface area contributed by atoms with Crippen molar-refractivity contribution in [2.45, 2.75) is 18.8 Å². The molecule has 3 heterocycles. The van der Waals surface area contributed by atoms with Gasteiger partial charge in [-0.1, -0.05) is 42.1 Å². The average molecular weight is 487 g/mol. The summed E-state index contributed by atoms with van der Waals surface area (Å²) in [6.45, 7) is 7.19. The Balaban J connectivity index is 1.19. The first-order valence-corrected chi connectivity index (χ1v) is 12.8. The van der Waals surface area contributed by atoms with Gasteiger partial charge in [-0.05, 0) is 42.8 Å². The van der Waals surface area contributed by atoms with Crippen LogP contribution in [0.4, 0.5) is 17.3 Å². The quantitative estimate of drug-likeness (QED) is 0.492. The smallest absolute Gasteiger partial charge is 0.227 e. The van der Waals surface area contributed by atoms with E-state index in [-0.39, 0.29) is 5.37 Å². The van der Waals surface area contributed by atoms with Crippen molar-refractivity contribution in [3.8, 4) is 0 Å². The first-order valence-electron chi connectivity index (χ1n) is 11.9. The minimum absolute atomic E-state index is 0.205. The minimum Gasteiger partial charge on any atom is -0.369 e. The maximum Gasteiger partial charge on any atom is 0.227 e. The molecule has 35 heavy (non-hydrogen) atoms. The van der Waals surface area contributed by atoms with Gasteiger partial charge in [-0.25, -0.2) is 9.97 Å². The van der Waals surface area contributed by atoms with Gasteiger partial charge in [-0.2, -0.15) is 0 Å². The Bertz CT molecular complexity index is 1190. The molecule has 180 valence electrons. The molecule has 7 nitrogen and oxygen atoms in total. The molecule has 1 fully saturated rings. The minimum atomic E-state index is -0.205. The second-order valence-electron chi connectivity index (χ2n) is 8.86. The zero-order chi connectivity index (χ0) is 24.2. The molecule has 8 heteroatoms. The van der Waals surface area contributed by atoms with Gasteiger partial charge in [0.1, 0.15) is 5.37 Å². The Morgan fingerprint density at radius 1 is 1.03 bits per heavy atom. The lowest BCUT2D eigenvalue weighted by atomic mass is 10.2. The standard InChI is InChI=1S/C27H30N6OS/c1-20-26(35-25(19-34)31(20)2)24-12-13-28-27(30-24)29-22-8-10-23(11-9-22)33-16-14-32(15-17-33)18-21-6-4-3-5-7-21/h3-13,19,25H,14-18H2,1-2H3,(H,28,29,30). The van der Waals surface area contributed by atoms with Crippen molar-refractivity contribution >= 4 is 40.3 Å². The van der Waals surface area contributed by atoms with E-state index in [0.717, 1.165) is 61.0 Å². The second-order valence-corrected chi connectivity index (χ2v) is 9.98. The molecule has 3 aromatic rings. The van der Waals surface area contributed by atoms with Gasteiger partial charge >= 0.3 is 0 Å². The maximum absolute atomic E-state index is 11.3. The number of allylic oxidation sites excluding steroid dienone is 1. The lowest BCUT2D eigenvalue weighted by Crippen LogP contribution is -2.45. The monoisotopic (exact) mass is 486 g/mol. The van der Waals surface area contributed by atoms with Gasteiger partial charge in [0.25, 0.3) is 0 Å². The van der Waals surface area contributed by atoms with Crippen LogP contribution in [-0.2, 0) is 11.3 Å². The summed E-state index contributed by atoms with van der Waals surface area (Å²) >= 11 is 1.52. The van der Waals surface area contributed by atoms with Crippen molar-refractivity contribution in [3.63, 3.8) is 0 Å². The molecule has 5 rings (SSSR count). The SMILES string of the molecule is CC1=C(c2ccnc(Nc3ccc(N4CCN(Cc5ccccc5)CC4)cc3)n2)SC(C=O)N1C. The lowest BCUT2D eigenvalue weighted by Gasteiger charge is -2.36. The van der Waals surface area contributed by atoms with Crippen LogP contribution in [0, 0.1) is 0 Å². The number of hydrogen-bond acceptors (Lipinski definition) is 8. The van der Waals surface area contributed by atoms with Gasteiger partial charge in [0.15, 0.2) is 6.29 Å². The number of nitrogens with one attached hydrogen (secondary N) is 1. The molecule has 2 aliphatic rings. The molecule has 0 spiro atoms. The predicted molar refractivity (Wildman–Crippen MR) is 143 cm³/mol. The normalized spacial score (nSPS) is 18.7. The molecule has 2 aliphatic heterocycles. The molecule has 0 aliphatic carbocycles. The highest BCUT2D eigenvalue weighted by molar-refractivity contribution is 8.09. The van der Waals surface area contributed by atoms with E-state index in [0.29, 0.717) is 5.95 Å². The van der Waals surface area contributed by atoms with Crippen molar-refractivity contribution in [1.29, 1.82) is 0 Å². The number of carbonyl (C=O) groups is 1. The highest BCUT2D eigenvalue weighted by Gasteiger charge is 2.28. The number of benzene rings is 2. The molecule has 2 aromatic carbocycles. The van der Waals surface area contributed by atoms with E-state index in [4.69, 9.17) is 4.98 Å². The number of nitrogens with zero attached hydrogens (tertiary/aromatic N) is 5. The summed E-state index contributed by atoms with van der Waals surface area (Å²) in [5.41, 5.74) is 5.42. The Hall–Kier alpha value is -3.36. The number of anilines is 3. The first-order chi connectivity index (χ1) is 17.1. The van der Waals surface area contributed by atoms with Gasteiger partial charge in [0, 0.05) is 63.0 Å². The highest BCUT2D eigenvalue weighted by Crippen LogP contribution is 2.41. The number of likely N-dealkylation sites (N-methyl/N-ethyl adjacent to an activating group) is 1. The summed E-state index contributed by atoms with van der Waals surface area (Å²) in [6, 6.07) is 21.0. The number of piperazine rings is 1. The largest absolute Gasteiger partial charge is 0.369 e. The van der Waals surface area contributed by atoms with Gasteiger partial charge in [-0.15, -0.1) is 0 Å². The van der Waals surface area contributed by atoms with E-state index in [1.807, 2.05) is 24.9 Å². The van der Waals surface area contributed by atoms with Crippen LogP contribution in [0.15, 0.2) is 72.6 Å². The third-order valence-electron chi connectivity index (χ3n) is 6.59. The summed E-state index contributed by atoms with van der Waals surface area (Å²) in [5, 5.41) is 3.12. The van der Waals surface area contributed by atoms with Crippen LogP contribution >= 0.6 is 11.8 Å². The van der Waals surface area contributed by atoms with Crippen LogP contribution in [0.2, 0.25) is 0 Å². The molecular weight excluding hydrogens is 456 g/mol. The number of rotatable bonds is 7.